The van der Waals surface area contributed by atoms with Crippen LogP contribution in [0, 0.1) is 17.5 Å². The van der Waals surface area contributed by atoms with Crippen molar-refractivity contribution >= 4 is 15.9 Å². The Hall–Kier alpha value is -2.79. The summed E-state index contributed by atoms with van der Waals surface area (Å²) in [5, 5.41) is 0. The van der Waals surface area contributed by atoms with E-state index in [0.717, 1.165) is 0 Å². The molecule has 26 heavy (non-hydrogen) atoms. The van der Waals surface area contributed by atoms with Crippen molar-refractivity contribution in [2.45, 2.75) is 11.0 Å². The molecule has 1 atom stereocenters. The first-order valence-corrected chi connectivity index (χ1v) is 8.61. The monoisotopic (exact) mass is 388 g/mol. The van der Waals surface area contributed by atoms with Crippen LogP contribution in [-0.4, -0.2) is 27.0 Å². The summed E-state index contributed by atoms with van der Waals surface area (Å²) in [7, 11) is -4.68. The van der Waals surface area contributed by atoms with Crippen molar-refractivity contribution in [2.24, 2.45) is 0 Å². The number of sulfonamides is 1. The van der Waals surface area contributed by atoms with E-state index in [1.165, 1.54) is 0 Å². The van der Waals surface area contributed by atoms with Gasteiger partial charge in [-0.05, 0) is 24.3 Å². The fraction of sp³-hybridized carbons (Fsp3) is 0.133. The smallest absolute Gasteiger partial charge is 0.279 e. The maximum atomic E-state index is 13.6. The Morgan fingerprint density at radius 3 is 2.46 bits per heavy atom. The van der Waals surface area contributed by atoms with Crippen molar-refractivity contribution in [2.75, 3.05) is 6.61 Å². The molecule has 0 unspecified atom stereocenters. The average molecular weight is 388 g/mol. The predicted molar refractivity (Wildman–Crippen MR) is 81.1 cm³/mol. The Morgan fingerprint density at radius 1 is 1.04 bits per heavy atom. The highest BCUT2D eigenvalue weighted by Gasteiger charge is 2.29. The highest BCUT2D eigenvalue weighted by atomic mass is 32.2. The van der Waals surface area contributed by atoms with E-state index < -0.39 is 44.4 Å². The molecule has 0 spiro atoms. The summed E-state index contributed by atoms with van der Waals surface area (Å²) < 4.78 is 74.3. The zero-order valence-corrected chi connectivity index (χ0v) is 13.6. The summed E-state index contributed by atoms with van der Waals surface area (Å²) in [6, 6.07) is 7.50. The van der Waals surface area contributed by atoms with E-state index in [1.807, 2.05) is 5.43 Å². The molecule has 1 heterocycles. The van der Waals surface area contributed by atoms with Gasteiger partial charge in [0.2, 0.25) is 6.10 Å². The van der Waals surface area contributed by atoms with Crippen LogP contribution in [0.4, 0.5) is 13.2 Å². The van der Waals surface area contributed by atoms with Gasteiger partial charge < -0.3 is 9.47 Å². The fourth-order valence-corrected chi connectivity index (χ4v) is 3.04. The first-order chi connectivity index (χ1) is 12.3. The zero-order valence-electron chi connectivity index (χ0n) is 12.8. The Bertz CT molecular complexity index is 968. The number of hydrazine groups is 1. The predicted octanol–water partition coefficient (Wildman–Crippen LogP) is 1.25. The number of carbonyl (C=O) groups excluding carboxylic acids is 1. The van der Waals surface area contributed by atoms with Crippen molar-refractivity contribution in [3.8, 4) is 11.5 Å². The van der Waals surface area contributed by atoms with Crippen LogP contribution >= 0.6 is 0 Å². The third-order valence-corrected chi connectivity index (χ3v) is 4.66. The lowest BCUT2D eigenvalue weighted by molar-refractivity contribution is -0.130. The number of benzene rings is 2. The van der Waals surface area contributed by atoms with E-state index in [2.05, 4.69) is 0 Å². The van der Waals surface area contributed by atoms with Gasteiger partial charge in [0.15, 0.2) is 29.0 Å². The number of carbonyl (C=O) groups is 1. The first-order valence-electron chi connectivity index (χ1n) is 7.13. The largest absolute Gasteiger partial charge is 0.485 e. The summed E-state index contributed by atoms with van der Waals surface area (Å²) in [4.78, 5) is 12.4. The number of ether oxygens (including phenoxy) is 2. The number of nitrogens with one attached hydrogen (secondary N) is 2. The SMILES string of the molecule is O=C(NNS(=O)(=O)c1ccc(F)c(F)c1F)[C@@H]1COc2ccccc2O1. The van der Waals surface area contributed by atoms with Gasteiger partial charge in [-0.25, -0.2) is 21.6 Å². The second kappa shape index (κ2) is 6.84. The van der Waals surface area contributed by atoms with Crippen molar-refractivity contribution in [3.63, 3.8) is 0 Å². The minimum atomic E-state index is -4.68. The van der Waals surface area contributed by atoms with Gasteiger partial charge in [0, 0.05) is 0 Å². The van der Waals surface area contributed by atoms with E-state index in [1.54, 1.807) is 29.1 Å². The number of fused-ring (bicyclic) bond motifs is 1. The van der Waals surface area contributed by atoms with Crippen LogP contribution in [0.5, 0.6) is 11.5 Å². The van der Waals surface area contributed by atoms with Gasteiger partial charge in [0.25, 0.3) is 15.9 Å². The lowest BCUT2D eigenvalue weighted by atomic mass is 10.2. The lowest BCUT2D eigenvalue weighted by Crippen LogP contribution is -2.50. The van der Waals surface area contributed by atoms with Gasteiger partial charge in [-0.1, -0.05) is 12.1 Å². The highest BCUT2D eigenvalue weighted by Crippen LogP contribution is 2.30. The van der Waals surface area contributed by atoms with Crippen molar-refractivity contribution in [1.82, 2.24) is 10.3 Å². The minimum absolute atomic E-state index is 0.190. The topological polar surface area (TPSA) is 93.7 Å². The van der Waals surface area contributed by atoms with E-state index in [-0.39, 0.29) is 12.4 Å². The summed E-state index contributed by atoms with van der Waals surface area (Å²) >= 11 is 0. The van der Waals surface area contributed by atoms with Crippen LogP contribution in [0.25, 0.3) is 0 Å². The maximum Gasteiger partial charge on any atom is 0.279 e. The summed E-state index contributed by atoms with van der Waals surface area (Å²) in [6.45, 7) is -0.190. The standard InChI is InChI=1S/C15H11F3N2O5S/c16-8-5-6-12(14(18)13(8)17)26(22,23)20-19-15(21)11-7-24-9-3-1-2-4-10(9)25-11/h1-6,11,20H,7H2,(H,19,21)/t11-/m0/s1. The molecule has 11 heteroatoms. The van der Waals surface area contributed by atoms with Crippen molar-refractivity contribution in [3.05, 3.63) is 53.8 Å². The number of para-hydroxylation sites is 2. The number of amides is 1. The number of hydrogen-bond donors (Lipinski definition) is 2. The van der Waals surface area contributed by atoms with Crippen LogP contribution in [0.2, 0.25) is 0 Å². The van der Waals surface area contributed by atoms with Gasteiger partial charge in [-0.3, -0.25) is 10.2 Å². The molecular formula is C15H11F3N2O5S. The molecular weight excluding hydrogens is 377 g/mol. The molecule has 0 radical (unpaired) electrons. The van der Waals surface area contributed by atoms with Gasteiger partial charge in [0.1, 0.15) is 11.5 Å². The molecule has 1 aliphatic heterocycles. The Balaban J connectivity index is 1.69. The molecule has 2 N–H and O–H groups in total. The summed E-state index contributed by atoms with van der Waals surface area (Å²) in [5.41, 5.74) is 1.82. The molecule has 0 saturated heterocycles. The molecule has 0 saturated carbocycles. The molecule has 7 nitrogen and oxygen atoms in total. The molecule has 1 amide bonds. The molecule has 2 aromatic carbocycles. The molecule has 0 fully saturated rings. The van der Waals surface area contributed by atoms with Gasteiger partial charge in [0.05, 0.1) is 0 Å². The minimum Gasteiger partial charge on any atom is -0.485 e. The normalized spacial score (nSPS) is 16.2. The quantitative estimate of drug-likeness (QED) is 0.608. The molecule has 0 aromatic heterocycles. The second-order valence-electron chi connectivity index (χ2n) is 5.13. The van der Waals surface area contributed by atoms with E-state index in [0.29, 0.717) is 17.9 Å². The third-order valence-electron chi connectivity index (χ3n) is 3.40. The lowest BCUT2D eigenvalue weighted by Gasteiger charge is -2.25. The van der Waals surface area contributed by atoms with E-state index in [9.17, 15) is 26.4 Å². The second-order valence-corrected chi connectivity index (χ2v) is 6.78. The van der Waals surface area contributed by atoms with Gasteiger partial charge in [-0.15, -0.1) is 4.83 Å². The van der Waals surface area contributed by atoms with Crippen LogP contribution in [0.3, 0.4) is 0 Å². The van der Waals surface area contributed by atoms with E-state index >= 15 is 0 Å². The Labute approximate surface area is 145 Å². The molecule has 0 bridgehead atoms. The molecule has 3 rings (SSSR count). The van der Waals surface area contributed by atoms with Crippen LogP contribution in [0.1, 0.15) is 0 Å². The number of rotatable bonds is 4. The van der Waals surface area contributed by atoms with Crippen LogP contribution in [-0.2, 0) is 14.8 Å². The summed E-state index contributed by atoms with van der Waals surface area (Å²) in [6.07, 6.45) is -1.18. The van der Waals surface area contributed by atoms with Crippen LogP contribution in [0.15, 0.2) is 41.3 Å². The van der Waals surface area contributed by atoms with Gasteiger partial charge in [-0.2, -0.15) is 0 Å². The summed E-state index contributed by atoms with van der Waals surface area (Å²) in [5.74, 6) is -5.62. The van der Waals surface area contributed by atoms with Crippen molar-refractivity contribution in [1.29, 1.82) is 0 Å². The van der Waals surface area contributed by atoms with Gasteiger partial charge >= 0.3 is 0 Å². The van der Waals surface area contributed by atoms with E-state index in [4.69, 9.17) is 9.47 Å². The number of halogens is 3. The highest BCUT2D eigenvalue weighted by molar-refractivity contribution is 7.89. The molecule has 0 aliphatic carbocycles. The average Bonchev–Trinajstić information content (AvgIpc) is 2.63. The molecule has 2 aromatic rings. The third kappa shape index (κ3) is 3.44. The first kappa shape index (κ1) is 18.0. The zero-order chi connectivity index (χ0) is 18.9. The Kier molecular flexibility index (Phi) is 4.74. The molecule has 138 valence electrons. The fourth-order valence-electron chi connectivity index (χ4n) is 2.12. The van der Waals surface area contributed by atoms with Crippen molar-refractivity contribution < 1.29 is 35.9 Å². The molecule has 1 aliphatic rings. The number of hydrogen-bond acceptors (Lipinski definition) is 5. The van der Waals surface area contributed by atoms with Crippen LogP contribution < -0.4 is 19.7 Å². The Morgan fingerprint density at radius 2 is 1.73 bits per heavy atom. The maximum absolute atomic E-state index is 13.6.